The number of rotatable bonds is 10. The van der Waals surface area contributed by atoms with Crippen molar-refractivity contribution in [3.05, 3.63) is 23.8 Å². The quantitative estimate of drug-likeness (QED) is 0.0929. The summed E-state index contributed by atoms with van der Waals surface area (Å²) in [5.74, 6) is 6.47. The number of ether oxygens (including phenoxy) is 2. The molecule has 0 saturated carbocycles. The first kappa shape index (κ1) is 43.5. The van der Waals surface area contributed by atoms with E-state index in [-0.39, 0.29) is 43.1 Å². The Hall–Kier alpha value is -2.97. The van der Waals surface area contributed by atoms with Gasteiger partial charge in [-0.15, -0.1) is 12.3 Å². The summed E-state index contributed by atoms with van der Waals surface area (Å²) in [4.78, 5) is 32.3. The van der Waals surface area contributed by atoms with Gasteiger partial charge in [-0.3, -0.25) is 14.4 Å². The monoisotopic (exact) mass is 596 g/mol. The van der Waals surface area contributed by atoms with E-state index in [2.05, 4.69) is 17.8 Å². The summed E-state index contributed by atoms with van der Waals surface area (Å²) in [6, 6.07) is 0. The highest BCUT2D eigenvalue weighted by Gasteiger charge is 2.23. The molecule has 0 aliphatic carbocycles. The zero-order valence-corrected chi connectivity index (χ0v) is 27.8. The molecule has 0 saturated heterocycles. The van der Waals surface area contributed by atoms with Gasteiger partial charge >= 0.3 is 11.9 Å². The number of halogens is 2. The molecule has 0 aliphatic rings. The van der Waals surface area contributed by atoms with Gasteiger partial charge < -0.3 is 14.6 Å². The predicted octanol–water partition coefficient (Wildman–Crippen LogP) is 7.41. The van der Waals surface area contributed by atoms with Crippen molar-refractivity contribution in [2.45, 2.75) is 102 Å². The predicted molar refractivity (Wildman–Crippen MR) is 165 cm³/mol. The number of esters is 2. The van der Waals surface area contributed by atoms with Gasteiger partial charge in [0.05, 0.1) is 10.8 Å². The fourth-order valence-corrected chi connectivity index (χ4v) is 2.09. The number of carbonyl (C=O) groups excluding carboxylic acids is 3. The molecule has 0 bridgehead atoms. The number of hydrogen-bond donors (Lipinski definition) is 1. The van der Waals surface area contributed by atoms with Gasteiger partial charge in [-0.1, -0.05) is 53.4 Å². The van der Waals surface area contributed by atoms with Crippen LogP contribution in [0.15, 0.2) is 23.8 Å². The van der Waals surface area contributed by atoms with Gasteiger partial charge in [0, 0.05) is 12.8 Å². The SMILES string of the molecule is C#CCCOC(=O)C(C)(C)C.CC(C)[C@H](C)/C=C(/F)C=O.CC(C)[C@H](C)/C=C(/F)[C@@H](O)C#CCCOC(=O)C(C)(C)C. The molecule has 0 fully saturated rings. The lowest BCUT2D eigenvalue weighted by Crippen LogP contribution is -2.23. The molecule has 0 aliphatic heterocycles. The molecule has 0 aromatic carbocycles. The third-order valence-corrected chi connectivity index (χ3v) is 5.72. The normalized spacial score (nSPS) is 14.0. The molecule has 0 unspecified atom stereocenters. The van der Waals surface area contributed by atoms with Gasteiger partial charge in [0.1, 0.15) is 19.0 Å². The second kappa shape index (κ2) is 22.6. The molecule has 0 rings (SSSR count). The summed E-state index contributed by atoms with van der Waals surface area (Å²) in [5, 5.41) is 9.56. The van der Waals surface area contributed by atoms with Crippen molar-refractivity contribution in [1.29, 1.82) is 0 Å². The number of terminal acetylenes is 1. The van der Waals surface area contributed by atoms with E-state index < -0.39 is 28.6 Å². The number of aliphatic hydroxyl groups is 1. The van der Waals surface area contributed by atoms with Crippen LogP contribution >= 0.6 is 0 Å². The minimum Gasteiger partial charge on any atom is -0.464 e. The van der Waals surface area contributed by atoms with E-state index in [1.54, 1.807) is 20.8 Å². The van der Waals surface area contributed by atoms with Gasteiger partial charge in [-0.2, -0.15) is 0 Å². The van der Waals surface area contributed by atoms with Crippen molar-refractivity contribution in [3.63, 3.8) is 0 Å². The van der Waals surface area contributed by atoms with Crippen LogP contribution in [0.3, 0.4) is 0 Å². The Morgan fingerprint density at radius 1 is 0.810 bits per heavy atom. The molecule has 0 heterocycles. The maximum atomic E-state index is 13.6. The molecule has 42 heavy (non-hydrogen) atoms. The number of hydrogen-bond acceptors (Lipinski definition) is 6. The van der Waals surface area contributed by atoms with Crippen LogP contribution in [-0.2, 0) is 23.9 Å². The molecule has 8 heteroatoms. The third-order valence-electron chi connectivity index (χ3n) is 5.72. The fourth-order valence-electron chi connectivity index (χ4n) is 2.09. The van der Waals surface area contributed by atoms with Crippen LogP contribution < -0.4 is 0 Å². The van der Waals surface area contributed by atoms with Crippen molar-refractivity contribution in [3.8, 4) is 24.2 Å². The van der Waals surface area contributed by atoms with Crippen molar-refractivity contribution in [2.24, 2.45) is 34.5 Å². The van der Waals surface area contributed by atoms with E-state index in [1.165, 1.54) is 12.2 Å². The first-order valence-corrected chi connectivity index (χ1v) is 14.3. The van der Waals surface area contributed by atoms with Crippen LogP contribution in [0.5, 0.6) is 0 Å². The Balaban J connectivity index is -0.000000607. The summed E-state index contributed by atoms with van der Waals surface area (Å²) in [6.07, 6.45) is 7.30. The summed E-state index contributed by atoms with van der Waals surface area (Å²) in [6.45, 7) is 22.9. The van der Waals surface area contributed by atoms with E-state index in [9.17, 15) is 28.3 Å². The topological polar surface area (TPSA) is 89.9 Å². The standard InChI is InChI=1S/C17H27FO3.C9H14O2.C8H13FO/c1-12(2)13(3)11-14(18)15(19)9-7-8-10-21-16(20)17(4,5)6;1-5-6-7-11-8(10)9(2,3)4;1-6(2)7(3)4-8(9)5-10/h11-13,15,19H,8,10H2,1-6H3;1H,6-7H2,2-4H3;4-7H,1-3H3/b14-11+;;8-4+/t13-,15+;;7-/m1.1/s1. The lowest BCUT2D eigenvalue weighted by molar-refractivity contribution is -0.153. The van der Waals surface area contributed by atoms with Gasteiger partial charge in [-0.05, 0) is 77.4 Å². The van der Waals surface area contributed by atoms with Crippen molar-refractivity contribution in [2.75, 3.05) is 13.2 Å². The number of allylic oxidation sites excluding steroid dienone is 3. The molecule has 0 aromatic rings. The molecule has 1 N–H and O–H groups in total. The van der Waals surface area contributed by atoms with Crippen LogP contribution in [0.1, 0.15) is 95.9 Å². The highest BCUT2D eigenvalue weighted by atomic mass is 19.1. The molecule has 3 atom stereocenters. The van der Waals surface area contributed by atoms with Gasteiger partial charge in [0.25, 0.3) is 0 Å². The minimum atomic E-state index is -1.41. The number of aldehydes is 1. The van der Waals surface area contributed by atoms with E-state index in [1.807, 2.05) is 62.3 Å². The van der Waals surface area contributed by atoms with Crippen LogP contribution in [0.25, 0.3) is 0 Å². The van der Waals surface area contributed by atoms with E-state index in [0.717, 1.165) is 0 Å². The highest BCUT2D eigenvalue weighted by molar-refractivity contribution is 5.75. The molecule has 0 radical (unpaired) electrons. The van der Waals surface area contributed by atoms with Gasteiger partial charge in [0.2, 0.25) is 0 Å². The molecule has 0 spiro atoms. The van der Waals surface area contributed by atoms with Crippen LogP contribution in [0.2, 0.25) is 0 Å². The lowest BCUT2D eigenvalue weighted by atomic mass is 9.97. The van der Waals surface area contributed by atoms with Gasteiger partial charge in [-0.25, -0.2) is 8.78 Å². The molecular weight excluding hydrogens is 542 g/mol. The largest absolute Gasteiger partial charge is 0.464 e. The summed E-state index contributed by atoms with van der Waals surface area (Å²) < 4.78 is 35.7. The first-order valence-electron chi connectivity index (χ1n) is 14.3. The third kappa shape index (κ3) is 24.8. The fraction of sp³-hybridized carbons (Fsp3) is 0.676. The van der Waals surface area contributed by atoms with Crippen LogP contribution in [-0.4, -0.2) is 42.6 Å². The average molecular weight is 597 g/mol. The Morgan fingerprint density at radius 2 is 1.21 bits per heavy atom. The number of aliphatic hydroxyl groups excluding tert-OH is 1. The van der Waals surface area contributed by atoms with Gasteiger partial charge in [0.15, 0.2) is 18.2 Å². The van der Waals surface area contributed by atoms with E-state index >= 15 is 0 Å². The average Bonchev–Trinajstić information content (AvgIpc) is 2.87. The maximum Gasteiger partial charge on any atom is 0.311 e. The zero-order valence-electron chi connectivity index (χ0n) is 27.8. The van der Waals surface area contributed by atoms with E-state index in [0.29, 0.717) is 24.9 Å². The summed E-state index contributed by atoms with van der Waals surface area (Å²) in [7, 11) is 0. The highest BCUT2D eigenvalue weighted by Crippen LogP contribution is 2.17. The molecule has 6 nitrogen and oxygen atoms in total. The smallest absolute Gasteiger partial charge is 0.311 e. The maximum absolute atomic E-state index is 13.6. The molecule has 0 amide bonds. The second-order valence-corrected chi connectivity index (χ2v) is 12.6. The minimum absolute atomic E-state index is 0.0363. The van der Waals surface area contributed by atoms with Crippen molar-refractivity contribution >= 4 is 18.2 Å². The van der Waals surface area contributed by atoms with Crippen LogP contribution in [0.4, 0.5) is 8.78 Å². The Labute approximate surface area is 253 Å². The molecular formula is C34H54F2O6. The van der Waals surface area contributed by atoms with Crippen molar-refractivity contribution < 1.29 is 37.7 Å². The Bertz CT molecular complexity index is 963. The molecule has 0 aromatic heterocycles. The first-order chi connectivity index (χ1) is 19.1. The van der Waals surface area contributed by atoms with Crippen LogP contribution in [0, 0.1) is 58.7 Å². The second-order valence-electron chi connectivity index (χ2n) is 12.6. The van der Waals surface area contributed by atoms with Crippen molar-refractivity contribution in [1.82, 2.24) is 0 Å². The number of carbonyl (C=O) groups is 3. The Kier molecular flexibility index (Phi) is 23.4. The lowest BCUT2D eigenvalue weighted by Gasteiger charge is -2.15. The summed E-state index contributed by atoms with van der Waals surface area (Å²) >= 11 is 0. The molecule has 240 valence electrons. The van der Waals surface area contributed by atoms with E-state index in [4.69, 9.17) is 15.9 Å². The summed E-state index contributed by atoms with van der Waals surface area (Å²) in [5.41, 5.74) is -0.969. The Morgan fingerprint density at radius 3 is 1.57 bits per heavy atom. The zero-order chi connectivity index (χ0) is 33.7.